The second kappa shape index (κ2) is 28.3. The van der Waals surface area contributed by atoms with Gasteiger partial charge in [-0.05, 0) is 105 Å². The topological polar surface area (TPSA) is 180 Å². The Bertz CT molecular complexity index is 2440. The van der Waals surface area contributed by atoms with Crippen LogP contribution in [-0.4, -0.2) is 88.3 Å². The zero-order valence-corrected chi connectivity index (χ0v) is 46.3. The Kier molecular flexibility index (Phi) is 23.4. The third kappa shape index (κ3) is 17.2. The number of anilines is 3. The van der Waals surface area contributed by atoms with Gasteiger partial charge in [0, 0.05) is 43.1 Å². The van der Waals surface area contributed by atoms with E-state index in [-0.39, 0.29) is 49.7 Å². The van der Waals surface area contributed by atoms with Crippen LogP contribution >= 0.6 is 0 Å². The van der Waals surface area contributed by atoms with Crippen LogP contribution in [0.3, 0.4) is 0 Å². The van der Waals surface area contributed by atoms with Gasteiger partial charge in [-0.1, -0.05) is 130 Å². The summed E-state index contributed by atoms with van der Waals surface area (Å²) < 4.78 is 38.7. The van der Waals surface area contributed by atoms with Crippen LogP contribution < -0.4 is 25.0 Å². The lowest BCUT2D eigenvalue weighted by Crippen LogP contribution is -2.57. The van der Waals surface area contributed by atoms with Crippen LogP contribution in [-0.2, 0) is 39.4 Å². The number of rotatable bonds is 31. The van der Waals surface area contributed by atoms with E-state index in [4.69, 9.17) is 19.3 Å². The fourth-order valence-electron chi connectivity index (χ4n) is 8.60. The van der Waals surface area contributed by atoms with Crippen molar-refractivity contribution in [1.29, 1.82) is 0 Å². The highest BCUT2D eigenvalue weighted by Crippen LogP contribution is 2.36. The highest BCUT2D eigenvalue weighted by molar-refractivity contribution is 7.88. The highest BCUT2D eigenvalue weighted by atomic mass is 32.2. The van der Waals surface area contributed by atoms with Crippen LogP contribution in [0, 0.1) is 26.2 Å². The van der Waals surface area contributed by atoms with Crippen molar-refractivity contribution in [1.82, 2.24) is 9.79 Å². The number of amidine groups is 1. The van der Waals surface area contributed by atoms with Gasteiger partial charge < -0.3 is 25.0 Å². The summed E-state index contributed by atoms with van der Waals surface area (Å²) >= 11 is 0. The molecule has 1 aliphatic rings. The van der Waals surface area contributed by atoms with E-state index in [1.165, 1.54) is 38.5 Å². The third-order valence-corrected chi connectivity index (χ3v) is 14.0. The molecule has 0 spiro atoms. The van der Waals surface area contributed by atoms with Gasteiger partial charge in [0.25, 0.3) is 17.7 Å². The van der Waals surface area contributed by atoms with Gasteiger partial charge in [0.15, 0.2) is 11.5 Å². The summed E-state index contributed by atoms with van der Waals surface area (Å²) in [5, 5.41) is 7.35. The molecule has 4 rings (SSSR count). The summed E-state index contributed by atoms with van der Waals surface area (Å²) in [5.41, 5.74) is 4.12. The predicted octanol–water partition coefficient (Wildman–Crippen LogP) is 11.6. The Labute approximate surface area is 431 Å². The molecule has 0 saturated carbocycles. The molecule has 3 aromatic carbocycles. The number of carbonyl (C=O) groups excluding carboxylic acids is 3. The van der Waals surface area contributed by atoms with Crippen molar-refractivity contribution in [3.63, 3.8) is 0 Å². The SMILES string of the molecule is CCCCCCCCCCCCON1C(=O)C(CC)(CC)C(=O)N=C1C(=Nc1ccc(N(CC)CCNS(C)(=O)=O)cc1C)C(=O)Nc1cc(NCOC(CC)Oc2ccc(C)cc2C(C)(C)C)ccc1C. The summed E-state index contributed by atoms with van der Waals surface area (Å²) in [6.45, 7) is 23.5. The molecule has 72 heavy (non-hydrogen) atoms. The lowest BCUT2D eigenvalue weighted by molar-refractivity contribution is -0.179. The van der Waals surface area contributed by atoms with Crippen LogP contribution in [0.15, 0.2) is 64.6 Å². The third-order valence-electron chi connectivity index (χ3n) is 13.2. The number of aryl methyl sites for hydroxylation is 3. The number of amides is 3. The van der Waals surface area contributed by atoms with E-state index in [1.807, 2.05) is 69.0 Å². The van der Waals surface area contributed by atoms with Gasteiger partial charge in [-0.3, -0.25) is 19.2 Å². The maximum atomic E-state index is 14.9. The summed E-state index contributed by atoms with van der Waals surface area (Å²) in [4.78, 5) is 61.4. The van der Waals surface area contributed by atoms with Crippen molar-refractivity contribution in [3.05, 3.63) is 76.9 Å². The second-order valence-electron chi connectivity index (χ2n) is 20.0. The molecule has 0 saturated heterocycles. The van der Waals surface area contributed by atoms with Crippen molar-refractivity contribution < 1.29 is 37.1 Å². The Morgan fingerprint density at radius 2 is 1.51 bits per heavy atom. The van der Waals surface area contributed by atoms with Crippen LogP contribution in [0.2, 0.25) is 0 Å². The highest BCUT2D eigenvalue weighted by Gasteiger charge is 2.52. The molecule has 3 aromatic rings. The van der Waals surface area contributed by atoms with E-state index in [0.29, 0.717) is 48.6 Å². The van der Waals surface area contributed by atoms with Crippen molar-refractivity contribution >= 4 is 62.0 Å². The van der Waals surface area contributed by atoms with E-state index >= 15 is 0 Å². The first kappa shape index (κ1) is 59.4. The molecular weight excluding hydrogens is 931 g/mol. The molecule has 0 bridgehead atoms. The summed E-state index contributed by atoms with van der Waals surface area (Å²) in [6, 6.07) is 17.2. The number of likely N-dealkylation sites (N-methyl/N-ethyl adjacent to an activating group) is 1. The van der Waals surface area contributed by atoms with E-state index in [0.717, 1.165) is 58.7 Å². The minimum atomic E-state index is -3.37. The maximum absolute atomic E-state index is 14.9. The van der Waals surface area contributed by atoms with Gasteiger partial charge in [-0.25, -0.2) is 18.1 Å². The first-order valence-electron chi connectivity index (χ1n) is 26.3. The Hall–Kier alpha value is -5.16. The Morgan fingerprint density at radius 3 is 2.11 bits per heavy atom. The van der Waals surface area contributed by atoms with E-state index < -0.39 is 39.4 Å². The molecule has 16 heteroatoms. The largest absolute Gasteiger partial charge is 0.465 e. The number of hydroxylamine groups is 2. The standard InChI is InChI=1S/C56H85N7O8S/c1-13-18-19-20-21-22-23-24-25-26-35-70-63-51(61-53(65)56(15-3,16-4)54(63)66)50(59-46-31-30-44(37-42(46)8)62(17-5)34-33-58-72(12,67)68)52(64)60-47-38-43(29-28-41(47)7)57-39-69-49(14-2)71-48-32-27-40(6)36-45(48)55(9,10)11/h27-32,36-38,49,57-58H,13-26,33-35,39H2,1-12H3,(H,60,64). The number of benzene rings is 3. The predicted molar refractivity (Wildman–Crippen MR) is 293 cm³/mol. The Morgan fingerprint density at radius 1 is 0.847 bits per heavy atom. The molecule has 0 aromatic heterocycles. The quantitative estimate of drug-likeness (QED) is 0.0243. The van der Waals surface area contributed by atoms with Gasteiger partial charge in [0.1, 0.15) is 17.9 Å². The average Bonchev–Trinajstić information content (AvgIpc) is 3.33. The van der Waals surface area contributed by atoms with E-state index in [2.05, 4.69) is 61.0 Å². The van der Waals surface area contributed by atoms with Crippen molar-refractivity contribution in [2.45, 2.75) is 171 Å². The van der Waals surface area contributed by atoms with Crippen molar-refractivity contribution in [2.75, 3.05) is 54.8 Å². The number of hydrogen-bond donors (Lipinski definition) is 3. The van der Waals surface area contributed by atoms with Crippen molar-refractivity contribution in [3.8, 4) is 5.75 Å². The fraction of sp³-hybridized carbons (Fsp3) is 0.589. The van der Waals surface area contributed by atoms with Gasteiger partial charge >= 0.3 is 0 Å². The second-order valence-corrected chi connectivity index (χ2v) is 21.8. The number of ether oxygens (including phenoxy) is 2. The van der Waals surface area contributed by atoms with Gasteiger partial charge in [-0.15, -0.1) is 0 Å². The first-order chi connectivity index (χ1) is 34.2. The average molecular weight is 1020 g/mol. The van der Waals surface area contributed by atoms with Crippen LogP contribution in [0.25, 0.3) is 0 Å². The lowest BCUT2D eigenvalue weighted by Gasteiger charge is -2.37. The molecule has 1 heterocycles. The van der Waals surface area contributed by atoms with E-state index in [1.54, 1.807) is 26.0 Å². The van der Waals surface area contributed by atoms with Gasteiger partial charge in [-0.2, -0.15) is 10.1 Å². The lowest BCUT2D eigenvalue weighted by atomic mass is 9.79. The molecule has 15 nitrogen and oxygen atoms in total. The zero-order valence-electron chi connectivity index (χ0n) is 45.5. The van der Waals surface area contributed by atoms with Gasteiger partial charge in [0.05, 0.1) is 18.6 Å². The molecular formula is C56H85N7O8S. The number of sulfonamides is 1. The molecule has 3 N–H and O–H groups in total. The maximum Gasteiger partial charge on any atom is 0.278 e. The molecule has 0 aliphatic carbocycles. The normalized spacial score (nSPS) is 14.6. The van der Waals surface area contributed by atoms with Crippen LogP contribution in [0.5, 0.6) is 5.75 Å². The van der Waals surface area contributed by atoms with Gasteiger partial charge in [0.2, 0.25) is 16.3 Å². The number of nitrogens with zero attached hydrogens (tertiary/aromatic N) is 4. The summed E-state index contributed by atoms with van der Waals surface area (Å²) in [7, 11) is -3.37. The minimum absolute atomic E-state index is 0.111. The molecule has 1 aliphatic heterocycles. The number of aliphatic imine (C=N–C) groups is 2. The first-order valence-corrected chi connectivity index (χ1v) is 28.2. The smallest absolute Gasteiger partial charge is 0.278 e. The fourth-order valence-corrected chi connectivity index (χ4v) is 9.06. The Balaban J connectivity index is 1.66. The van der Waals surface area contributed by atoms with Crippen LogP contribution in [0.4, 0.5) is 22.7 Å². The number of unbranched alkanes of at least 4 members (excludes halogenated alkanes) is 9. The minimum Gasteiger partial charge on any atom is -0.465 e. The molecule has 398 valence electrons. The monoisotopic (exact) mass is 1020 g/mol. The number of nitrogens with one attached hydrogen (secondary N) is 3. The summed E-state index contributed by atoms with van der Waals surface area (Å²) in [5.74, 6) is -1.47. The molecule has 0 fully saturated rings. The molecule has 0 radical (unpaired) electrons. The molecule has 3 amide bonds. The van der Waals surface area contributed by atoms with Crippen molar-refractivity contribution in [2.24, 2.45) is 15.4 Å². The summed E-state index contributed by atoms with van der Waals surface area (Å²) in [6.07, 6.45) is 12.8. The zero-order chi connectivity index (χ0) is 53.1. The molecule has 1 unspecified atom stereocenters. The number of carbonyl (C=O) groups is 3. The van der Waals surface area contributed by atoms with E-state index in [9.17, 15) is 22.8 Å². The molecule has 1 atom stereocenters. The van der Waals surface area contributed by atoms with Crippen LogP contribution in [0.1, 0.15) is 161 Å². The number of hydrogen-bond acceptors (Lipinski definition) is 11.